The Balaban J connectivity index is 2.33. The molecule has 0 aliphatic heterocycles. The molecule has 0 spiro atoms. The van der Waals surface area contributed by atoms with Crippen LogP contribution in [0.15, 0.2) is 12.5 Å². The van der Waals surface area contributed by atoms with Crippen molar-refractivity contribution < 1.29 is 14.2 Å². The van der Waals surface area contributed by atoms with Gasteiger partial charge in [0.05, 0.1) is 37.9 Å². The zero-order valence-corrected chi connectivity index (χ0v) is 11.4. The Bertz CT molecular complexity index is 317. The number of aromatic nitrogens is 2. The number of nitrogens with one attached hydrogen (secondary N) is 1. The van der Waals surface area contributed by atoms with Gasteiger partial charge in [0.1, 0.15) is 0 Å². The van der Waals surface area contributed by atoms with Gasteiger partial charge in [-0.1, -0.05) is 0 Å². The molecule has 1 rings (SSSR count). The summed E-state index contributed by atoms with van der Waals surface area (Å²) in [5.41, 5.74) is 1.01. The number of hydrogen-bond donors (Lipinski definition) is 1. The van der Waals surface area contributed by atoms with Crippen LogP contribution in [0.3, 0.4) is 0 Å². The monoisotopic (exact) mass is 257 g/mol. The van der Waals surface area contributed by atoms with Gasteiger partial charge in [0.2, 0.25) is 0 Å². The topological polar surface area (TPSA) is 57.5 Å². The third-order valence-electron chi connectivity index (χ3n) is 2.58. The molecule has 0 saturated heterocycles. The third-order valence-corrected chi connectivity index (χ3v) is 2.58. The number of hydrogen-bond acceptors (Lipinski definition) is 5. The molecule has 1 heterocycles. The fourth-order valence-electron chi connectivity index (χ4n) is 1.60. The Morgan fingerprint density at radius 3 is 2.83 bits per heavy atom. The zero-order chi connectivity index (χ0) is 13.2. The molecule has 6 heteroatoms. The number of imidazole rings is 1. The number of methoxy groups -OCH3 is 3. The van der Waals surface area contributed by atoms with Gasteiger partial charge in [-0.05, 0) is 0 Å². The van der Waals surface area contributed by atoms with E-state index in [2.05, 4.69) is 10.3 Å². The van der Waals surface area contributed by atoms with Crippen LogP contribution in [0.5, 0.6) is 0 Å². The van der Waals surface area contributed by atoms with Gasteiger partial charge in [-0.2, -0.15) is 0 Å². The van der Waals surface area contributed by atoms with E-state index in [1.54, 1.807) is 21.3 Å². The van der Waals surface area contributed by atoms with Gasteiger partial charge in [-0.15, -0.1) is 0 Å². The maximum atomic E-state index is 5.31. The highest BCUT2D eigenvalue weighted by atomic mass is 16.5. The molecule has 0 bridgehead atoms. The smallest absolute Gasteiger partial charge is 0.0983 e. The van der Waals surface area contributed by atoms with Crippen molar-refractivity contribution >= 4 is 0 Å². The number of nitrogens with zero attached hydrogens (tertiary/aromatic N) is 2. The van der Waals surface area contributed by atoms with Crippen molar-refractivity contribution in [2.75, 3.05) is 41.1 Å². The molecule has 0 radical (unpaired) electrons. The average Bonchev–Trinajstić information content (AvgIpc) is 2.82. The van der Waals surface area contributed by atoms with Gasteiger partial charge < -0.3 is 24.1 Å². The molecule has 0 fully saturated rings. The van der Waals surface area contributed by atoms with E-state index >= 15 is 0 Å². The minimum Gasteiger partial charge on any atom is -0.383 e. The lowest BCUT2D eigenvalue weighted by molar-refractivity contribution is 0.0183. The van der Waals surface area contributed by atoms with Gasteiger partial charge in [0.15, 0.2) is 0 Å². The van der Waals surface area contributed by atoms with Crippen LogP contribution in [0.2, 0.25) is 0 Å². The fourth-order valence-corrected chi connectivity index (χ4v) is 1.60. The van der Waals surface area contributed by atoms with Crippen LogP contribution in [0.1, 0.15) is 5.69 Å². The van der Waals surface area contributed by atoms with Crippen molar-refractivity contribution in [1.29, 1.82) is 0 Å². The van der Waals surface area contributed by atoms with Crippen LogP contribution in [-0.2, 0) is 27.3 Å². The lowest BCUT2D eigenvalue weighted by Gasteiger charge is -2.14. The Hall–Kier alpha value is -0.950. The molecule has 104 valence electrons. The molecule has 0 amide bonds. The normalized spacial score (nSPS) is 12.8. The highest BCUT2D eigenvalue weighted by Crippen LogP contribution is 2.00. The lowest BCUT2D eigenvalue weighted by atomic mass is 10.3. The molecule has 1 unspecified atom stereocenters. The molecule has 0 aliphatic rings. The van der Waals surface area contributed by atoms with Crippen LogP contribution < -0.4 is 5.32 Å². The van der Waals surface area contributed by atoms with Crippen molar-refractivity contribution in [3.63, 3.8) is 0 Å². The van der Waals surface area contributed by atoms with Crippen LogP contribution in [0, 0.1) is 0 Å². The Morgan fingerprint density at radius 2 is 2.17 bits per heavy atom. The van der Waals surface area contributed by atoms with Crippen LogP contribution in [0.4, 0.5) is 0 Å². The first-order valence-electron chi connectivity index (χ1n) is 6.02. The fraction of sp³-hybridized carbons (Fsp3) is 0.750. The highest BCUT2D eigenvalue weighted by molar-refractivity contribution is 4.96. The standard InChI is InChI=1S/C12H23N3O3/c1-16-5-4-13-6-11-7-15(10-14-11)8-12(18-3)9-17-2/h7,10,12-13H,4-6,8-9H2,1-3H3. The predicted octanol–water partition coefficient (Wildman–Crippen LogP) is 0.281. The highest BCUT2D eigenvalue weighted by Gasteiger charge is 2.08. The summed E-state index contributed by atoms with van der Waals surface area (Å²) in [6, 6.07) is 0. The molecule has 6 nitrogen and oxygen atoms in total. The molecule has 18 heavy (non-hydrogen) atoms. The Kier molecular flexibility index (Phi) is 7.59. The first kappa shape index (κ1) is 15.1. The summed E-state index contributed by atoms with van der Waals surface area (Å²) in [5, 5.41) is 3.25. The van der Waals surface area contributed by atoms with Crippen molar-refractivity contribution in [2.24, 2.45) is 0 Å². The van der Waals surface area contributed by atoms with Gasteiger partial charge in [0.25, 0.3) is 0 Å². The molecular formula is C12H23N3O3. The maximum absolute atomic E-state index is 5.31. The molecule has 1 aromatic rings. The van der Waals surface area contributed by atoms with E-state index in [4.69, 9.17) is 14.2 Å². The Morgan fingerprint density at radius 1 is 1.33 bits per heavy atom. The van der Waals surface area contributed by atoms with E-state index < -0.39 is 0 Å². The molecule has 1 aromatic heterocycles. The van der Waals surface area contributed by atoms with E-state index in [1.165, 1.54) is 0 Å². The molecule has 0 saturated carbocycles. The average molecular weight is 257 g/mol. The zero-order valence-electron chi connectivity index (χ0n) is 11.4. The largest absolute Gasteiger partial charge is 0.383 e. The van der Waals surface area contributed by atoms with Crippen molar-refractivity contribution in [3.8, 4) is 0 Å². The summed E-state index contributed by atoms with van der Waals surface area (Å²) in [6.07, 6.45) is 3.88. The summed E-state index contributed by atoms with van der Waals surface area (Å²) in [5.74, 6) is 0. The summed E-state index contributed by atoms with van der Waals surface area (Å²) in [6.45, 7) is 3.61. The summed E-state index contributed by atoms with van der Waals surface area (Å²) >= 11 is 0. The number of rotatable bonds is 10. The van der Waals surface area contributed by atoms with E-state index in [0.29, 0.717) is 13.2 Å². The second-order valence-corrected chi connectivity index (χ2v) is 4.04. The van der Waals surface area contributed by atoms with Crippen molar-refractivity contribution in [1.82, 2.24) is 14.9 Å². The van der Waals surface area contributed by atoms with Crippen LogP contribution >= 0.6 is 0 Å². The molecule has 1 N–H and O–H groups in total. The van der Waals surface area contributed by atoms with Gasteiger partial charge >= 0.3 is 0 Å². The lowest BCUT2D eigenvalue weighted by Crippen LogP contribution is -2.23. The van der Waals surface area contributed by atoms with Crippen molar-refractivity contribution in [3.05, 3.63) is 18.2 Å². The predicted molar refractivity (Wildman–Crippen MR) is 68.5 cm³/mol. The maximum Gasteiger partial charge on any atom is 0.0983 e. The second kappa shape index (κ2) is 9.04. The quantitative estimate of drug-likeness (QED) is 0.610. The minimum atomic E-state index is 0.0542. The van der Waals surface area contributed by atoms with E-state index in [1.807, 2.05) is 17.1 Å². The van der Waals surface area contributed by atoms with Gasteiger partial charge in [-0.25, -0.2) is 4.98 Å². The van der Waals surface area contributed by atoms with Crippen molar-refractivity contribution in [2.45, 2.75) is 19.2 Å². The Labute approximate surface area is 108 Å². The third kappa shape index (κ3) is 5.59. The van der Waals surface area contributed by atoms with Crippen LogP contribution in [-0.4, -0.2) is 56.7 Å². The number of ether oxygens (including phenoxy) is 3. The molecule has 0 aliphatic carbocycles. The van der Waals surface area contributed by atoms with E-state index in [9.17, 15) is 0 Å². The minimum absolute atomic E-state index is 0.0542. The summed E-state index contributed by atoms with van der Waals surface area (Å²) in [7, 11) is 5.05. The SMILES string of the molecule is COCCNCc1cn(CC(COC)OC)cn1. The van der Waals surface area contributed by atoms with Gasteiger partial charge in [-0.3, -0.25) is 0 Å². The van der Waals surface area contributed by atoms with E-state index in [0.717, 1.165) is 25.3 Å². The van der Waals surface area contributed by atoms with E-state index in [-0.39, 0.29) is 6.10 Å². The molecule has 0 aromatic carbocycles. The van der Waals surface area contributed by atoms with Crippen LogP contribution in [0.25, 0.3) is 0 Å². The summed E-state index contributed by atoms with van der Waals surface area (Å²) in [4.78, 5) is 4.32. The first-order valence-corrected chi connectivity index (χ1v) is 6.02. The molecular weight excluding hydrogens is 234 g/mol. The first-order chi connectivity index (χ1) is 8.80. The molecule has 1 atom stereocenters. The summed E-state index contributed by atoms with van der Waals surface area (Å²) < 4.78 is 17.4. The van der Waals surface area contributed by atoms with Gasteiger partial charge in [0, 0.05) is 40.6 Å². The second-order valence-electron chi connectivity index (χ2n) is 4.04.